The van der Waals surface area contributed by atoms with Crippen molar-refractivity contribution in [2.24, 2.45) is 0 Å². The summed E-state index contributed by atoms with van der Waals surface area (Å²) in [7, 11) is 0. The molecule has 6 heteroatoms. The molecule has 0 aliphatic rings. The first kappa shape index (κ1) is 17.8. The molecule has 0 fully saturated rings. The van der Waals surface area contributed by atoms with Crippen LogP contribution in [-0.4, -0.2) is 19.0 Å². The second-order valence-electron chi connectivity index (χ2n) is 5.78. The fraction of sp³-hybridized carbons (Fsp3) is 0.150. The number of hydrogen-bond donors (Lipinski definition) is 2. The van der Waals surface area contributed by atoms with Gasteiger partial charge in [-0.05, 0) is 35.7 Å². The standard InChI is InChI=1S/C20H17F3N2O/c21-20(22,23)16-10-8-15(9-11-16)19(26)25-13-12-24-18-7-3-5-14-4-1-2-6-17(14)18/h1-11,24H,12-13H2,(H,25,26). The minimum atomic E-state index is -4.41. The van der Waals surface area contributed by atoms with Gasteiger partial charge in [-0.1, -0.05) is 36.4 Å². The van der Waals surface area contributed by atoms with Crippen LogP contribution in [0.1, 0.15) is 15.9 Å². The zero-order chi connectivity index (χ0) is 18.6. The van der Waals surface area contributed by atoms with Crippen molar-refractivity contribution in [1.29, 1.82) is 0 Å². The Balaban J connectivity index is 1.54. The van der Waals surface area contributed by atoms with Crippen LogP contribution >= 0.6 is 0 Å². The quantitative estimate of drug-likeness (QED) is 0.649. The lowest BCUT2D eigenvalue weighted by Crippen LogP contribution is -2.28. The van der Waals surface area contributed by atoms with Crippen LogP contribution in [0.4, 0.5) is 18.9 Å². The molecule has 0 saturated heterocycles. The number of hydrogen-bond acceptors (Lipinski definition) is 2. The zero-order valence-electron chi connectivity index (χ0n) is 13.8. The normalized spacial score (nSPS) is 11.3. The Morgan fingerprint density at radius 3 is 2.27 bits per heavy atom. The van der Waals surface area contributed by atoms with Crippen molar-refractivity contribution in [3.05, 3.63) is 77.9 Å². The molecule has 3 aromatic carbocycles. The van der Waals surface area contributed by atoms with Crippen LogP contribution in [0.3, 0.4) is 0 Å². The molecule has 1 amide bonds. The van der Waals surface area contributed by atoms with E-state index in [0.29, 0.717) is 13.1 Å². The van der Waals surface area contributed by atoms with Crippen molar-refractivity contribution in [2.75, 3.05) is 18.4 Å². The summed E-state index contributed by atoms with van der Waals surface area (Å²) in [5, 5.41) is 8.16. The van der Waals surface area contributed by atoms with Gasteiger partial charge in [0.25, 0.3) is 5.91 Å². The van der Waals surface area contributed by atoms with Gasteiger partial charge in [-0.2, -0.15) is 13.2 Å². The number of benzene rings is 3. The van der Waals surface area contributed by atoms with Gasteiger partial charge in [0.1, 0.15) is 0 Å². The van der Waals surface area contributed by atoms with E-state index in [-0.39, 0.29) is 5.56 Å². The largest absolute Gasteiger partial charge is 0.416 e. The lowest BCUT2D eigenvalue weighted by atomic mass is 10.1. The molecule has 0 atom stereocenters. The van der Waals surface area contributed by atoms with Gasteiger partial charge in [0.05, 0.1) is 5.56 Å². The molecule has 0 aromatic heterocycles. The van der Waals surface area contributed by atoms with E-state index in [1.54, 1.807) is 0 Å². The number of carbonyl (C=O) groups excluding carboxylic acids is 1. The van der Waals surface area contributed by atoms with Gasteiger partial charge in [-0.15, -0.1) is 0 Å². The summed E-state index contributed by atoms with van der Waals surface area (Å²) in [4.78, 5) is 12.0. The summed E-state index contributed by atoms with van der Waals surface area (Å²) >= 11 is 0. The number of rotatable bonds is 5. The fourth-order valence-corrected chi connectivity index (χ4v) is 2.67. The molecule has 0 spiro atoms. The predicted molar refractivity (Wildman–Crippen MR) is 96.2 cm³/mol. The second kappa shape index (κ2) is 7.47. The molecule has 0 heterocycles. The highest BCUT2D eigenvalue weighted by molar-refractivity contribution is 5.95. The van der Waals surface area contributed by atoms with E-state index in [1.807, 2.05) is 42.5 Å². The smallest absolute Gasteiger partial charge is 0.383 e. The van der Waals surface area contributed by atoms with E-state index >= 15 is 0 Å². The molecule has 26 heavy (non-hydrogen) atoms. The molecule has 0 aliphatic carbocycles. The third kappa shape index (κ3) is 4.14. The molecular weight excluding hydrogens is 341 g/mol. The van der Waals surface area contributed by atoms with Crippen LogP contribution in [0.5, 0.6) is 0 Å². The van der Waals surface area contributed by atoms with E-state index < -0.39 is 17.6 Å². The lowest BCUT2D eigenvalue weighted by Gasteiger charge is -2.11. The Morgan fingerprint density at radius 2 is 1.54 bits per heavy atom. The van der Waals surface area contributed by atoms with Crippen LogP contribution in [0.15, 0.2) is 66.7 Å². The number of carbonyl (C=O) groups is 1. The number of fused-ring (bicyclic) bond motifs is 1. The van der Waals surface area contributed by atoms with Gasteiger partial charge in [0.15, 0.2) is 0 Å². The highest BCUT2D eigenvalue weighted by Gasteiger charge is 2.30. The van der Waals surface area contributed by atoms with E-state index in [2.05, 4.69) is 10.6 Å². The van der Waals surface area contributed by atoms with Crippen molar-refractivity contribution >= 4 is 22.4 Å². The van der Waals surface area contributed by atoms with Crippen LogP contribution in [-0.2, 0) is 6.18 Å². The summed E-state index contributed by atoms with van der Waals surface area (Å²) < 4.78 is 37.6. The first-order chi connectivity index (χ1) is 12.4. The maximum atomic E-state index is 12.5. The number of alkyl halides is 3. The molecule has 0 saturated carbocycles. The van der Waals surface area contributed by atoms with Crippen LogP contribution < -0.4 is 10.6 Å². The first-order valence-electron chi connectivity index (χ1n) is 8.12. The highest BCUT2D eigenvalue weighted by atomic mass is 19.4. The molecule has 0 bridgehead atoms. The van der Waals surface area contributed by atoms with Crippen molar-refractivity contribution in [1.82, 2.24) is 5.32 Å². The second-order valence-corrected chi connectivity index (χ2v) is 5.78. The number of nitrogens with one attached hydrogen (secondary N) is 2. The SMILES string of the molecule is O=C(NCCNc1cccc2ccccc12)c1ccc(C(F)(F)F)cc1. The van der Waals surface area contributed by atoms with Gasteiger partial charge in [0.2, 0.25) is 0 Å². The predicted octanol–water partition coefficient (Wildman–Crippen LogP) is 4.70. The molecule has 2 N–H and O–H groups in total. The molecule has 0 radical (unpaired) electrons. The Hall–Kier alpha value is -3.02. The summed E-state index contributed by atoms with van der Waals surface area (Å²) in [5.41, 5.74) is 0.390. The Labute approximate surface area is 148 Å². The zero-order valence-corrected chi connectivity index (χ0v) is 13.8. The average molecular weight is 358 g/mol. The third-order valence-electron chi connectivity index (χ3n) is 3.99. The summed E-state index contributed by atoms with van der Waals surface area (Å²) in [5.74, 6) is -0.404. The monoisotopic (exact) mass is 358 g/mol. The van der Waals surface area contributed by atoms with E-state index in [1.165, 1.54) is 12.1 Å². The molecule has 3 nitrogen and oxygen atoms in total. The van der Waals surface area contributed by atoms with Gasteiger partial charge in [-0.3, -0.25) is 4.79 Å². The van der Waals surface area contributed by atoms with E-state index in [0.717, 1.165) is 28.6 Å². The van der Waals surface area contributed by atoms with Gasteiger partial charge in [-0.25, -0.2) is 0 Å². The van der Waals surface area contributed by atoms with Crippen LogP contribution in [0, 0.1) is 0 Å². The van der Waals surface area contributed by atoms with Crippen molar-refractivity contribution < 1.29 is 18.0 Å². The molecular formula is C20H17F3N2O. The van der Waals surface area contributed by atoms with Crippen LogP contribution in [0.2, 0.25) is 0 Å². The summed E-state index contributed by atoms with van der Waals surface area (Å²) in [6, 6.07) is 18.1. The van der Waals surface area contributed by atoms with Gasteiger partial charge in [0, 0.05) is 29.7 Å². The average Bonchev–Trinajstić information content (AvgIpc) is 2.64. The molecule has 3 aromatic rings. The maximum absolute atomic E-state index is 12.5. The molecule has 3 rings (SSSR count). The minimum absolute atomic E-state index is 0.197. The van der Waals surface area contributed by atoms with E-state index in [9.17, 15) is 18.0 Å². The molecule has 0 unspecified atom stereocenters. The minimum Gasteiger partial charge on any atom is -0.383 e. The number of halogens is 3. The summed E-state index contributed by atoms with van der Waals surface area (Å²) in [6.07, 6.45) is -4.41. The van der Waals surface area contributed by atoms with Crippen molar-refractivity contribution in [2.45, 2.75) is 6.18 Å². The van der Waals surface area contributed by atoms with Crippen LogP contribution in [0.25, 0.3) is 10.8 Å². The third-order valence-corrected chi connectivity index (χ3v) is 3.99. The van der Waals surface area contributed by atoms with Crippen molar-refractivity contribution in [3.63, 3.8) is 0 Å². The Kier molecular flexibility index (Phi) is 5.11. The van der Waals surface area contributed by atoms with E-state index in [4.69, 9.17) is 0 Å². The number of amides is 1. The fourth-order valence-electron chi connectivity index (χ4n) is 2.67. The Bertz CT molecular complexity index is 900. The molecule has 0 aliphatic heterocycles. The van der Waals surface area contributed by atoms with Gasteiger partial charge < -0.3 is 10.6 Å². The molecule has 134 valence electrons. The van der Waals surface area contributed by atoms with Crippen molar-refractivity contribution in [3.8, 4) is 0 Å². The highest BCUT2D eigenvalue weighted by Crippen LogP contribution is 2.29. The Morgan fingerprint density at radius 1 is 0.846 bits per heavy atom. The number of anilines is 1. The first-order valence-corrected chi connectivity index (χ1v) is 8.12. The van der Waals surface area contributed by atoms with Gasteiger partial charge >= 0.3 is 6.18 Å². The topological polar surface area (TPSA) is 41.1 Å². The lowest BCUT2D eigenvalue weighted by molar-refractivity contribution is -0.137. The maximum Gasteiger partial charge on any atom is 0.416 e. The summed E-state index contributed by atoms with van der Waals surface area (Å²) in [6.45, 7) is 0.851.